The highest BCUT2D eigenvalue weighted by atomic mass is 16.3. The maximum Gasteiger partial charge on any atom is 0.160 e. The van der Waals surface area contributed by atoms with Gasteiger partial charge in [0, 0.05) is 17.7 Å². The molecule has 0 aliphatic rings. The lowest BCUT2D eigenvalue weighted by Gasteiger charge is -2.11. The summed E-state index contributed by atoms with van der Waals surface area (Å²) in [6, 6.07) is 11.2. The van der Waals surface area contributed by atoms with Gasteiger partial charge in [0.15, 0.2) is 5.65 Å². The highest BCUT2D eigenvalue weighted by Crippen LogP contribution is 2.24. The molecule has 2 aromatic heterocycles. The van der Waals surface area contributed by atoms with Gasteiger partial charge in [-0.15, -0.1) is 0 Å². The smallest absolute Gasteiger partial charge is 0.160 e. The Morgan fingerprint density at radius 3 is 2.70 bits per heavy atom. The molecule has 4 nitrogen and oxygen atoms in total. The lowest BCUT2D eigenvalue weighted by molar-refractivity contribution is 0.465. The molecule has 0 bridgehead atoms. The Morgan fingerprint density at radius 1 is 1.15 bits per heavy atom. The van der Waals surface area contributed by atoms with E-state index < -0.39 is 0 Å². The number of imidazole rings is 1. The highest BCUT2D eigenvalue weighted by molar-refractivity contribution is 5.71. The van der Waals surface area contributed by atoms with Gasteiger partial charge in [0.25, 0.3) is 0 Å². The van der Waals surface area contributed by atoms with Crippen molar-refractivity contribution in [2.24, 2.45) is 0 Å². The zero-order chi connectivity index (χ0) is 14.1. The molecule has 0 spiro atoms. The quantitative estimate of drug-likeness (QED) is 0.792. The van der Waals surface area contributed by atoms with Crippen LogP contribution in [-0.4, -0.2) is 19.6 Å². The maximum absolute atomic E-state index is 9.96. The van der Waals surface area contributed by atoms with Crippen LogP contribution in [0.5, 0.6) is 5.75 Å². The van der Waals surface area contributed by atoms with Crippen LogP contribution < -0.4 is 0 Å². The van der Waals surface area contributed by atoms with Gasteiger partial charge in [0.05, 0.1) is 6.54 Å². The van der Waals surface area contributed by atoms with Crippen LogP contribution in [0.15, 0.2) is 42.6 Å². The summed E-state index contributed by atoms with van der Waals surface area (Å²) in [5.41, 5.74) is 2.63. The number of nitrogens with zero attached hydrogens (tertiary/aromatic N) is 3. The molecule has 102 valence electrons. The monoisotopic (exact) mass is 267 g/mol. The molecule has 0 radical (unpaired) electrons. The lowest BCUT2D eigenvalue weighted by atomic mass is 10.1. The summed E-state index contributed by atoms with van der Waals surface area (Å²) >= 11 is 0. The van der Waals surface area contributed by atoms with Crippen molar-refractivity contribution in [3.05, 3.63) is 54.0 Å². The van der Waals surface area contributed by atoms with Gasteiger partial charge in [-0.3, -0.25) is 0 Å². The molecule has 1 aromatic carbocycles. The minimum atomic E-state index is 0.301. The third-order valence-electron chi connectivity index (χ3n) is 3.37. The number of hydrogen-bond acceptors (Lipinski definition) is 3. The highest BCUT2D eigenvalue weighted by Gasteiger charge is 2.15. The number of para-hydroxylation sites is 1. The first-order valence-electron chi connectivity index (χ1n) is 6.75. The first kappa shape index (κ1) is 12.7. The zero-order valence-electron chi connectivity index (χ0n) is 11.6. The second-order valence-electron chi connectivity index (χ2n) is 5.19. The largest absolute Gasteiger partial charge is 0.508 e. The standard InChI is InChI=1S/C16H17N3O/c1-11(2)15-18-13-7-5-9-17-16(13)19(15)10-12-6-3-4-8-14(12)20/h3-9,11,20H,10H2,1-2H3. The molecule has 3 rings (SSSR count). The number of phenolic OH excluding ortho intramolecular Hbond substituents is 1. The number of fused-ring (bicyclic) bond motifs is 1. The van der Waals surface area contributed by atoms with Crippen LogP contribution in [0.25, 0.3) is 11.2 Å². The average Bonchev–Trinajstić information content (AvgIpc) is 2.81. The van der Waals surface area contributed by atoms with Crippen LogP contribution in [0, 0.1) is 0 Å². The maximum atomic E-state index is 9.96. The molecule has 0 fully saturated rings. The number of phenols is 1. The van der Waals surface area contributed by atoms with Crippen LogP contribution in [0.4, 0.5) is 0 Å². The molecular formula is C16H17N3O. The van der Waals surface area contributed by atoms with E-state index in [-0.39, 0.29) is 0 Å². The summed E-state index contributed by atoms with van der Waals surface area (Å²) in [4.78, 5) is 9.09. The molecule has 0 aliphatic carbocycles. The molecule has 0 unspecified atom stereocenters. The van der Waals surface area contributed by atoms with Crippen molar-refractivity contribution in [3.8, 4) is 5.75 Å². The van der Waals surface area contributed by atoms with Crippen molar-refractivity contribution >= 4 is 11.2 Å². The Kier molecular flexibility index (Phi) is 3.14. The van der Waals surface area contributed by atoms with Crippen molar-refractivity contribution in [2.75, 3.05) is 0 Å². The Balaban J connectivity index is 2.14. The van der Waals surface area contributed by atoms with Gasteiger partial charge in [-0.05, 0) is 18.2 Å². The lowest BCUT2D eigenvalue weighted by Crippen LogP contribution is -2.07. The molecule has 20 heavy (non-hydrogen) atoms. The Hall–Kier alpha value is -2.36. The fourth-order valence-corrected chi connectivity index (χ4v) is 2.39. The Bertz CT molecular complexity index is 746. The van der Waals surface area contributed by atoms with Gasteiger partial charge >= 0.3 is 0 Å². The van der Waals surface area contributed by atoms with E-state index in [1.54, 1.807) is 12.3 Å². The minimum absolute atomic E-state index is 0.301. The minimum Gasteiger partial charge on any atom is -0.508 e. The van der Waals surface area contributed by atoms with Crippen molar-refractivity contribution in [1.82, 2.24) is 14.5 Å². The molecule has 3 aromatic rings. The summed E-state index contributed by atoms with van der Waals surface area (Å²) in [5, 5.41) is 9.96. The van der Waals surface area contributed by atoms with Crippen LogP contribution in [0.1, 0.15) is 31.2 Å². The van der Waals surface area contributed by atoms with E-state index in [1.165, 1.54) is 0 Å². The van der Waals surface area contributed by atoms with Gasteiger partial charge in [-0.2, -0.15) is 0 Å². The third-order valence-corrected chi connectivity index (χ3v) is 3.37. The first-order chi connectivity index (χ1) is 9.66. The van der Waals surface area contributed by atoms with Crippen LogP contribution in [-0.2, 0) is 6.54 Å². The van der Waals surface area contributed by atoms with Gasteiger partial charge in [0.1, 0.15) is 17.1 Å². The zero-order valence-corrected chi connectivity index (χ0v) is 11.6. The number of aromatic nitrogens is 3. The van der Waals surface area contributed by atoms with Gasteiger partial charge < -0.3 is 9.67 Å². The molecule has 4 heteroatoms. The summed E-state index contributed by atoms with van der Waals surface area (Å²) in [5.74, 6) is 1.59. The van der Waals surface area contributed by atoms with Crippen LogP contribution >= 0.6 is 0 Å². The van der Waals surface area contributed by atoms with Gasteiger partial charge in [-0.1, -0.05) is 32.0 Å². The van der Waals surface area contributed by atoms with E-state index in [9.17, 15) is 5.11 Å². The number of rotatable bonds is 3. The van der Waals surface area contributed by atoms with Gasteiger partial charge in [0.2, 0.25) is 0 Å². The predicted molar refractivity (Wildman–Crippen MR) is 78.8 cm³/mol. The number of benzene rings is 1. The molecule has 0 amide bonds. The van der Waals surface area contributed by atoms with Crippen molar-refractivity contribution in [3.63, 3.8) is 0 Å². The topological polar surface area (TPSA) is 50.9 Å². The van der Waals surface area contributed by atoms with Gasteiger partial charge in [-0.25, -0.2) is 9.97 Å². The van der Waals surface area contributed by atoms with E-state index >= 15 is 0 Å². The van der Waals surface area contributed by atoms with Crippen molar-refractivity contribution in [1.29, 1.82) is 0 Å². The SMILES string of the molecule is CC(C)c1nc2cccnc2n1Cc1ccccc1O. The normalized spacial score (nSPS) is 11.3. The molecule has 0 atom stereocenters. The summed E-state index contributed by atoms with van der Waals surface area (Å²) < 4.78 is 2.08. The average molecular weight is 267 g/mol. The van der Waals surface area contributed by atoms with Crippen molar-refractivity contribution < 1.29 is 5.11 Å². The summed E-state index contributed by atoms with van der Waals surface area (Å²) in [6.45, 7) is 4.80. The summed E-state index contributed by atoms with van der Waals surface area (Å²) in [7, 11) is 0. The number of aromatic hydroxyl groups is 1. The molecular weight excluding hydrogens is 250 g/mol. The fourth-order valence-electron chi connectivity index (χ4n) is 2.39. The first-order valence-corrected chi connectivity index (χ1v) is 6.75. The van der Waals surface area contributed by atoms with E-state index in [0.29, 0.717) is 18.2 Å². The number of hydrogen-bond donors (Lipinski definition) is 1. The Morgan fingerprint density at radius 2 is 1.95 bits per heavy atom. The molecule has 0 saturated heterocycles. The van der Waals surface area contributed by atoms with E-state index in [0.717, 1.165) is 22.6 Å². The van der Waals surface area contributed by atoms with Crippen LogP contribution in [0.3, 0.4) is 0 Å². The Labute approximate surface area is 117 Å². The predicted octanol–water partition coefficient (Wildman–Crippen LogP) is 3.31. The second-order valence-corrected chi connectivity index (χ2v) is 5.19. The van der Waals surface area contributed by atoms with E-state index in [4.69, 9.17) is 0 Å². The third kappa shape index (κ3) is 2.13. The number of pyridine rings is 1. The molecule has 0 aliphatic heterocycles. The summed E-state index contributed by atoms with van der Waals surface area (Å²) in [6.07, 6.45) is 1.77. The van der Waals surface area contributed by atoms with Crippen molar-refractivity contribution in [2.45, 2.75) is 26.3 Å². The fraction of sp³-hybridized carbons (Fsp3) is 0.250. The molecule has 0 saturated carbocycles. The van der Waals surface area contributed by atoms with Crippen LogP contribution in [0.2, 0.25) is 0 Å². The van der Waals surface area contributed by atoms with E-state index in [2.05, 4.69) is 28.4 Å². The molecule has 1 N–H and O–H groups in total. The molecule has 2 heterocycles. The second kappa shape index (κ2) is 4.96. The van der Waals surface area contributed by atoms with E-state index in [1.807, 2.05) is 30.3 Å².